The maximum absolute atomic E-state index is 12.0. The molecule has 0 bridgehead atoms. The highest BCUT2D eigenvalue weighted by atomic mass is 35.5. The van der Waals surface area contributed by atoms with E-state index in [1.54, 1.807) is 37.5 Å². The molecule has 27 heavy (non-hydrogen) atoms. The van der Waals surface area contributed by atoms with Gasteiger partial charge >= 0.3 is 0 Å². The molecule has 0 aliphatic carbocycles. The van der Waals surface area contributed by atoms with Crippen LogP contribution in [0.3, 0.4) is 0 Å². The van der Waals surface area contributed by atoms with E-state index in [9.17, 15) is 4.79 Å². The number of carbonyl (C=O) groups is 1. The largest absolute Gasteiger partial charge is 0.493 e. The van der Waals surface area contributed by atoms with Crippen molar-refractivity contribution in [2.24, 2.45) is 0 Å². The summed E-state index contributed by atoms with van der Waals surface area (Å²) in [6, 6.07) is 12.6. The molecule has 0 heterocycles. The third-order valence-corrected chi connectivity index (χ3v) is 4.23. The lowest BCUT2D eigenvalue weighted by atomic mass is 10.2. The molecule has 2 rings (SSSR count). The second-order valence-corrected chi connectivity index (χ2v) is 6.59. The van der Waals surface area contributed by atoms with E-state index in [4.69, 9.17) is 21.1 Å². The Bertz CT molecular complexity index is 757. The minimum Gasteiger partial charge on any atom is -0.493 e. The first-order valence-corrected chi connectivity index (χ1v) is 9.55. The Kier molecular flexibility index (Phi) is 8.72. The van der Waals surface area contributed by atoms with E-state index in [0.717, 1.165) is 17.7 Å². The molecule has 0 radical (unpaired) electrons. The van der Waals surface area contributed by atoms with Crippen molar-refractivity contribution < 1.29 is 14.3 Å². The molecule has 0 unspecified atom stereocenters. The zero-order valence-electron chi connectivity index (χ0n) is 15.8. The average molecular weight is 388 g/mol. The second kappa shape index (κ2) is 11.3. The van der Waals surface area contributed by atoms with E-state index < -0.39 is 0 Å². The van der Waals surface area contributed by atoms with E-state index in [1.165, 1.54) is 25.3 Å². The second-order valence-electron chi connectivity index (χ2n) is 6.15. The number of unbranched alkanes of at least 4 members (excludes halogenated alkanes) is 3. The molecule has 0 saturated heterocycles. The number of carbonyl (C=O) groups excluding carboxylic acids is 1. The minimum atomic E-state index is -0.215. The highest BCUT2D eigenvalue weighted by molar-refractivity contribution is 6.30. The smallest absolute Gasteiger partial charge is 0.248 e. The molecule has 0 saturated carbocycles. The summed E-state index contributed by atoms with van der Waals surface area (Å²) in [6.45, 7) is 2.86. The Balaban J connectivity index is 1.92. The predicted molar refractivity (Wildman–Crippen MR) is 112 cm³/mol. The van der Waals surface area contributed by atoms with Crippen LogP contribution in [0.2, 0.25) is 5.02 Å². The Morgan fingerprint density at radius 1 is 1.07 bits per heavy atom. The van der Waals surface area contributed by atoms with Crippen LogP contribution in [0.4, 0.5) is 5.69 Å². The van der Waals surface area contributed by atoms with Crippen molar-refractivity contribution in [2.75, 3.05) is 19.0 Å². The predicted octanol–water partition coefficient (Wildman–Crippen LogP) is 5.96. The van der Waals surface area contributed by atoms with Crippen LogP contribution in [-0.4, -0.2) is 19.6 Å². The third kappa shape index (κ3) is 7.35. The van der Waals surface area contributed by atoms with Gasteiger partial charge in [-0.3, -0.25) is 4.79 Å². The Morgan fingerprint density at radius 3 is 2.56 bits per heavy atom. The van der Waals surface area contributed by atoms with Gasteiger partial charge in [0.25, 0.3) is 0 Å². The van der Waals surface area contributed by atoms with Gasteiger partial charge in [-0.25, -0.2) is 0 Å². The van der Waals surface area contributed by atoms with Crippen molar-refractivity contribution in [1.82, 2.24) is 0 Å². The van der Waals surface area contributed by atoms with Gasteiger partial charge in [0.05, 0.1) is 13.7 Å². The Hall–Kier alpha value is -2.46. The van der Waals surface area contributed by atoms with Gasteiger partial charge in [0.15, 0.2) is 11.5 Å². The van der Waals surface area contributed by atoms with Crippen LogP contribution in [0.15, 0.2) is 48.5 Å². The van der Waals surface area contributed by atoms with Gasteiger partial charge in [-0.1, -0.05) is 43.9 Å². The minimum absolute atomic E-state index is 0.215. The molecule has 1 amide bonds. The van der Waals surface area contributed by atoms with Crippen LogP contribution in [0.5, 0.6) is 11.5 Å². The van der Waals surface area contributed by atoms with Gasteiger partial charge in [-0.2, -0.15) is 0 Å². The van der Waals surface area contributed by atoms with Crippen molar-refractivity contribution in [1.29, 1.82) is 0 Å². The number of ether oxygens (including phenoxy) is 2. The van der Waals surface area contributed by atoms with Crippen LogP contribution in [0, 0.1) is 0 Å². The van der Waals surface area contributed by atoms with Gasteiger partial charge < -0.3 is 14.8 Å². The summed E-state index contributed by atoms with van der Waals surface area (Å²) in [6.07, 6.45) is 7.84. The van der Waals surface area contributed by atoms with Crippen LogP contribution < -0.4 is 14.8 Å². The Labute approximate surface area is 166 Å². The average Bonchev–Trinajstić information content (AvgIpc) is 2.68. The number of hydrogen-bond acceptors (Lipinski definition) is 3. The molecule has 0 aromatic heterocycles. The number of hydrogen-bond donors (Lipinski definition) is 1. The molecule has 2 aromatic carbocycles. The first kappa shape index (κ1) is 20.8. The molecule has 0 fully saturated rings. The quantitative estimate of drug-likeness (QED) is 0.404. The molecular weight excluding hydrogens is 362 g/mol. The molecule has 0 atom stereocenters. The number of nitrogens with one attached hydrogen (secondary N) is 1. The van der Waals surface area contributed by atoms with Gasteiger partial charge in [-0.15, -0.1) is 0 Å². The number of anilines is 1. The van der Waals surface area contributed by atoms with Gasteiger partial charge in [0.1, 0.15) is 0 Å². The number of amides is 1. The zero-order chi connectivity index (χ0) is 19.5. The molecule has 0 spiro atoms. The normalized spacial score (nSPS) is 10.8. The molecule has 0 aliphatic heterocycles. The van der Waals surface area contributed by atoms with Crippen molar-refractivity contribution in [3.05, 3.63) is 59.1 Å². The van der Waals surface area contributed by atoms with E-state index in [1.807, 2.05) is 18.2 Å². The summed E-state index contributed by atoms with van der Waals surface area (Å²) < 4.78 is 11.2. The summed E-state index contributed by atoms with van der Waals surface area (Å²) in [5.74, 6) is 1.16. The molecule has 0 aliphatic rings. The van der Waals surface area contributed by atoms with Gasteiger partial charge in [0.2, 0.25) is 5.91 Å². The summed E-state index contributed by atoms with van der Waals surface area (Å²) in [7, 11) is 1.61. The third-order valence-electron chi connectivity index (χ3n) is 3.98. The van der Waals surface area contributed by atoms with E-state index in [2.05, 4.69) is 12.2 Å². The summed E-state index contributed by atoms with van der Waals surface area (Å²) in [5.41, 5.74) is 1.55. The lowest BCUT2D eigenvalue weighted by Crippen LogP contribution is -2.07. The first-order valence-electron chi connectivity index (χ1n) is 9.18. The molecule has 4 nitrogen and oxygen atoms in total. The summed E-state index contributed by atoms with van der Waals surface area (Å²) >= 11 is 5.84. The summed E-state index contributed by atoms with van der Waals surface area (Å²) in [5, 5.41) is 3.41. The topological polar surface area (TPSA) is 47.6 Å². The van der Waals surface area contributed by atoms with Crippen molar-refractivity contribution >= 4 is 29.3 Å². The highest BCUT2D eigenvalue weighted by Crippen LogP contribution is 2.28. The fraction of sp³-hybridized carbons (Fsp3) is 0.318. The fourth-order valence-corrected chi connectivity index (χ4v) is 2.63. The van der Waals surface area contributed by atoms with Crippen molar-refractivity contribution in [3.63, 3.8) is 0 Å². The molecule has 144 valence electrons. The maximum atomic E-state index is 12.0. The van der Waals surface area contributed by atoms with E-state index >= 15 is 0 Å². The van der Waals surface area contributed by atoms with Crippen molar-refractivity contribution in [3.8, 4) is 11.5 Å². The Morgan fingerprint density at radius 2 is 1.85 bits per heavy atom. The lowest BCUT2D eigenvalue weighted by Gasteiger charge is -2.11. The van der Waals surface area contributed by atoms with Crippen molar-refractivity contribution in [2.45, 2.75) is 32.6 Å². The molecule has 2 aromatic rings. The van der Waals surface area contributed by atoms with Crippen LogP contribution in [0.25, 0.3) is 6.08 Å². The highest BCUT2D eigenvalue weighted by Gasteiger charge is 2.05. The number of halogens is 1. The molecular formula is C22H26ClNO3. The van der Waals surface area contributed by atoms with Crippen LogP contribution >= 0.6 is 11.6 Å². The molecule has 5 heteroatoms. The summed E-state index contributed by atoms with van der Waals surface area (Å²) in [4.78, 5) is 12.0. The van der Waals surface area contributed by atoms with Crippen LogP contribution in [-0.2, 0) is 4.79 Å². The van der Waals surface area contributed by atoms with E-state index in [0.29, 0.717) is 23.1 Å². The lowest BCUT2D eigenvalue weighted by molar-refractivity contribution is -0.111. The number of benzene rings is 2. The zero-order valence-corrected chi connectivity index (χ0v) is 16.6. The fourth-order valence-electron chi connectivity index (χ4n) is 2.51. The first-order chi connectivity index (χ1) is 13.1. The molecule has 1 N–H and O–H groups in total. The standard InChI is InChI=1S/C22H26ClNO3/c1-3-4-5-6-15-27-20-13-7-17(16-21(20)26-2)8-14-22(25)24-19-11-9-18(23)10-12-19/h7-14,16H,3-6,15H2,1-2H3,(H,24,25)/b14-8+. The monoisotopic (exact) mass is 387 g/mol. The number of methoxy groups -OCH3 is 1. The SMILES string of the molecule is CCCCCCOc1ccc(/C=C/C(=O)Nc2ccc(Cl)cc2)cc1OC. The van der Waals surface area contributed by atoms with Gasteiger partial charge in [-0.05, 0) is 54.5 Å². The maximum Gasteiger partial charge on any atom is 0.248 e. The van der Waals surface area contributed by atoms with Gasteiger partial charge in [0, 0.05) is 16.8 Å². The van der Waals surface area contributed by atoms with Crippen LogP contribution in [0.1, 0.15) is 38.2 Å². The number of rotatable bonds is 10. The van der Waals surface area contributed by atoms with E-state index in [-0.39, 0.29) is 5.91 Å².